The van der Waals surface area contributed by atoms with Crippen LogP contribution in [-0.4, -0.2) is 23.7 Å². The SMILES string of the molecule is COc1ccc(C(O)C(CN)c2ccncc2)cc1. The summed E-state index contributed by atoms with van der Waals surface area (Å²) in [7, 11) is 1.62. The fraction of sp³-hybridized carbons (Fsp3) is 0.267. The van der Waals surface area contributed by atoms with E-state index in [1.807, 2.05) is 36.4 Å². The van der Waals surface area contributed by atoms with Crippen LogP contribution in [0, 0.1) is 0 Å². The molecule has 19 heavy (non-hydrogen) atoms. The Hall–Kier alpha value is -1.91. The Labute approximate surface area is 112 Å². The molecule has 4 heteroatoms. The van der Waals surface area contributed by atoms with E-state index in [-0.39, 0.29) is 5.92 Å². The number of aliphatic hydroxyl groups is 1. The van der Waals surface area contributed by atoms with Gasteiger partial charge in [0.05, 0.1) is 13.2 Å². The van der Waals surface area contributed by atoms with Gasteiger partial charge in [-0.1, -0.05) is 12.1 Å². The summed E-state index contributed by atoms with van der Waals surface area (Å²) in [6.07, 6.45) is 2.77. The van der Waals surface area contributed by atoms with Gasteiger partial charge in [0.25, 0.3) is 0 Å². The molecular formula is C15H18N2O2. The minimum Gasteiger partial charge on any atom is -0.497 e. The van der Waals surface area contributed by atoms with Crippen molar-refractivity contribution in [3.05, 3.63) is 59.9 Å². The van der Waals surface area contributed by atoms with E-state index in [2.05, 4.69) is 4.98 Å². The number of aliphatic hydroxyl groups excluding tert-OH is 1. The van der Waals surface area contributed by atoms with E-state index in [1.165, 1.54) is 0 Å². The van der Waals surface area contributed by atoms with Crippen LogP contribution in [0.25, 0.3) is 0 Å². The fourth-order valence-electron chi connectivity index (χ4n) is 2.09. The van der Waals surface area contributed by atoms with E-state index < -0.39 is 6.10 Å². The van der Waals surface area contributed by atoms with E-state index >= 15 is 0 Å². The summed E-state index contributed by atoms with van der Waals surface area (Å²) in [6.45, 7) is 0.372. The van der Waals surface area contributed by atoms with Crippen molar-refractivity contribution < 1.29 is 9.84 Å². The molecule has 0 saturated carbocycles. The van der Waals surface area contributed by atoms with Crippen LogP contribution in [0.2, 0.25) is 0 Å². The van der Waals surface area contributed by atoms with Crippen molar-refractivity contribution in [3.8, 4) is 5.75 Å². The summed E-state index contributed by atoms with van der Waals surface area (Å²) < 4.78 is 5.11. The van der Waals surface area contributed by atoms with Gasteiger partial charge in [-0.25, -0.2) is 0 Å². The highest BCUT2D eigenvalue weighted by atomic mass is 16.5. The largest absolute Gasteiger partial charge is 0.497 e. The van der Waals surface area contributed by atoms with Gasteiger partial charge in [0.15, 0.2) is 0 Å². The molecule has 0 aliphatic heterocycles. The minimum absolute atomic E-state index is 0.142. The monoisotopic (exact) mass is 258 g/mol. The summed E-state index contributed by atoms with van der Waals surface area (Å²) in [5, 5.41) is 10.5. The van der Waals surface area contributed by atoms with Crippen LogP contribution < -0.4 is 10.5 Å². The number of hydrogen-bond donors (Lipinski definition) is 2. The fourth-order valence-corrected chi connectivity index (χ4v) is 2.09. The zero-order valence-corrected chi connectivity index (χ0v) is 10.9. The summed E-state index contributed by atoms with van der Waals surface area (Å²) in [4.78, 5) is 3.98. The molecule has 3 N–H and O–H groups in total. The molecular weight excluding hydrogens is 240 g/mol. The van der Waals surface area contributed by atoms with Crippen LogP contribution in [0.5, 0.6) is 5.75 Å². The zero-order valence-electron chi connectivity index (χ0n) is 10.9. The molecule has 0 spiro atoms. The molecule has 1 heterocycles. The molecule has 2 atom stereocenters. The maximum Gasteiger partial charge on any atom is 0.118 e. The lowest BCUT2D eigenvalue weighted by molar-refractivity contribution is 0.147. The molecule has 0 radical (unpaired) electrons. The Balaban J connectivity index is 2.22. The molecule has 0 aliphatic carbocycles. The molecule has 0 bridgehead atoms. The summed E-state index contributed by atoms with van der Waals surface area (Å²) in [5.41, 5.74) is 7.61. The van der Waals surface area contributed by atoms with Gasteiger partial charge >= 0.3 is 0 Å². The second-order valence-corrected chi connectivity index (χ2v) is 4.34. The molecule has 100 valence electrons. The molecule has 1 aromatic heterocycles. The Morgan fingerprint density at radius 1 is 1.11 bits per heavy atom. The normalized spacial score (nSPS) is 13.8. The smallest absolute Gasteiger partial charge is 0.118 e. The van der Waals surface area contributed by atoms with Gasteiger partial charge in [-0.2, -0.15) is 0 Å². The third-order valence-corrected chi connectivity index (χ3v) is 3.23. The van der Waals surface area contributed by atoms with Crippen molar-refractivity contribution in [2.75, 3.05) is 13.7 Å². The van der Waals surface area contributed by atoms with Crippen molar-refractivity contribution >= 4 is 0 Å². The second kappa shape index (κ2) is 6.31. The topological polar surface area (TPSA) is 68.4 Å². The number of ether oxygens (including phenoxy) is 1. The number of pyridine rings is 1. The Morgan fingerprint density at radius 3 is 2.26 bits per heavy atom. The summed E-state index contributed by atoms with van der Waals surface area (Å²) in [5.74, 6) is 0.626. The predicted octanol–water partition coefficient (Wildman–Crippen LogP) is 1.87. The van der Waals surface area contributed by atoms with Gasteiger partial charge in [0.2, 0.25) is 0 Å². The molecule has 4 nitrogen and oxygen atoms in total. The summed E-state index contributed by atoms with van der Waals surface area (Å²) >= 11 is 0. The first kappa shape index (κ1) is 13.5. The van der Waals surface area contributed by atoms with Gasteiger partial charge in [-0.3, -0.25) is 4.98 Å². The Morgan fingerprint density at radius 2 is 1.74 bits per heavy atom. The zero-order chi connectivity index (χ0) is 13.7. The van der Waals surface area contributed by atoms with Gasteiger partial charge in [0.1, 0.15) is 5.75 Å². The van der Waals surface area contributed by atoms with Gasteiger partial charge < -0.3 is 15.6 Å². The molecule has 2 unspecified atom stereocenters. The van der Waals surface area contributed by atoms with Crippen molar-refractivity contribution in [2.24, 2.45) is 5.73 Å². The van der Waals surface area contributed by atoms with E-state index in [0.717, 1.165) is 16.9 Å². The maximum absolute atomic E-state index is 10.5. The van der Waals surface area contributed by atoms with E-state index in [0.29, 0.717) is 6.54 Å². The van der Waals surface area contributed by atoms with Gasteiger partial charge in [-0.15, -0.1) is 0 Å². The molecule has 0 aliphatic rings. The maximum atomic E-state index is 10.5. The number of nitrogens with zero attached hydrogens (tertiary/aromatic N) is 1. The minimum atomic E-state index is -0.640. The number of benzene rings is 1. The average molecular weight is 258 g/mol. The average Bonchev–Trinajstić information content (AvgIpc) is 2.49. The van der Waals surface area contributed by atoms with Crippen molar-refractivity contribution in [2.45, 2.75) is 12.0 Å². The van der Waals surface area contributed by atoms with Crippen LogP contribution in [0.4, 0.5) is 0 Å². The Kier molecular flexibility index (Phi) is 4.49. The standard InChI is InChI=1S/C15H18N2O2/c1-19-13-4-2-12(3-5-13)15(18)14(10-16)11-6-8-17-9-7-11/h2-9,14-15,18H,10,16H2,1H3. The Bertz CT molecular complexity index is 499. The quantitative estimate of drug-likeness (QED) is 0.859. The number of rotatable bonds is 5. The number of methoxy groups -OCH3 is 1. The highest BCUT2D eigenvalue weighted by Gasteiger charge is 2.21. The number of aromatic nitrogens is 1. The molecule has 2 rings (SSSR count). The molecule has 2 aromatic rings. The van der Waals surface area contributed by atoms with Crippen molar-refractivity contribution in [1.82, 2.24) is 4.98 Å². The molecule has 1 aromatic carbocycles. The number of hydrogen-bond acceptors (Lipinski definition) is 4. The first-order valence-corrected chi connectivity index (χ1v) is 6.18. The molecule has 0 saturated heterocycles. The third kappa shape index (κ3) is 3.10. The third-order valence-electron chi connectivity index (χ3n) is 3.23. The van der Waals surface area contributed by atoms with Crippen LogP contribution in [0.3, 0.4) is 0 Å². The van der Waals surface area contributed by atoms with Gasteiger partial charge in [-0.05, 0) is 35.4 Å². The van der Waals surface area contributed by atoms with E-state index in [9.17, 15) is 5.11 Å². The van der Waals surface area contributed by atoms with E-state index in [1.54, 1.807) is 19.5 Å². The van der Waals surface area contributed by atoms with Crippen LogP contribution >= 0.6 is 0 Å². The lowest BCUT2D eigenvalue weighted by atomic mass is 9.90. The predicted molar refractivity (Wildman–Crippen MR) is 74.0 cm³/mol. The van der Waals surface area contributed by atoms with Crippen molar-refractivity contribution in [3.63, 3.8) is 0 Å². The van der Waals surface area contributed by atoms with Crippen LogP contribution in [0.1, 0.15) is 23.1 Å². The first-order chi connectivity index (χ1) is 9.26. The second-order valence-electron chi connectivity index (χ2n) is 4.34. The van der Waals surface area contributed by atoms with Crippen molar-refractivity contribution in [1.29, 1.82) is 0 Å². The van der Waals surface area contributed by atoms with Crippen LogP contribution in [0.15, 0.2) is 48.8 Å². The molecule has 0 amide bonds. The van der Waals surface area contributed by atoms with Gasteiger partial charge in [0, 0.05) is 24.9 Å². The molecule has 0 fully saturated rings. The number of nitrogens with two attached hydrogens (primary N) is 1. The first-order valence-electron chi connectivity index (χ1n) is 6.18. The highest BCUT2D eigenvalue weighted by molar-refractivity contribution is 5.31. The lowest BCUT2D eigenvalue weighted by Crippen LogP contribution is -2.20. The summed E-state index contributed by atoms with van der Waals surface area (Å²) in [6, 6.07) is 11.1. The highest BCUT2D eigenvalue weighted by Crippen LogP contribution is 2.30. The van der Waals surface area contributed by atoms with E-state index in [4.69, 9.17) is 10.5 Å². The lowest BCUT2D eigenvalue weighted by Gasteiger charge is -2.22. The van der Waals surface area contributed by atoms with Crippen LogP contribution in [-0.2, 0) is 0 Å².